The fourth-order valence-corrected chi connectivity index (χ4v) is 5.48. The number of benzene rings is 1. The number of ether oxygens (including phenoxy) is 3. The van der Waals surface area contributed by atoms with Crippen LogP contribution in [0, 0.1) is 12.8 Å². The highest BCUT2D eigenvalue weighted by atomic mass is 16.7. The molecule has 0 bridgehead atoms. The number of carbonyl (C=O) groups excluding carboxylic acids is 2. The van der Waals surface area contributed by atoms with Gasteiger partial charge in [0.05, 0.1) is 23.3 Å². The number of aromatic amines is 1. The van der Waals surface area contributed by atoms with Gasteiger partial charge in [-0.3, -0.25) is 14.6 Å². The number of aryl methyl sites for hydroxylation is 1. The standard InChI is InChI=1S/C29H34N4O5/c1-3-23(34)32-18-6-8-19(9-7-18)33-29(35)24-16(2)31-26-20(12-13-30-27(24)26)25-21(36-14-17-4-5-17)10-11-22-28(25)38-15-37-22/h10-13,17-19,31H,3-9,14-15H2,1-2H3,(H,32,34)(H,33,35). The molecule has 0 atom stereocenters. The summed E-state index contributed by atoms with van der Waals surface area (Å²) in [5.74, 6) is 2.61. The SMILES string of the molecule is CCC(=O)NC1CCC(NC(=O)c2c(C)[nH]c3c(-c4c(OCC5CC5)ccc5c4OCO5)ccnc23)CC1. The Bertz CT molecular complexity index is 1370. The second-order valence-corrected chi connectivity index (χ2v) is 10.6. The zero-order valence-electron chi connectivity index (χ0n) is 21.9. The van der Waals surface area contributed by atoms with Crippen molar-refractivity contribution < 1.29 is 23.8 Å². The molecule has 3 aliphatic rings. The Labute approximate surface area is 221 Å². The quantitative estimate of drug-likeness (QED) is 0.401. The number of pyridine rings is 1. The lowest BCUT2D eigenvalue weighted by Crippen LogP contribution is -2.43. The predicted molar refractivity (Wildman–Crippen MR) is 143 cm³/mol. The van der Waals surface area contributed by atoms with Crippen LogP contribution >= 0.6 is 0 Å². The highest BCUT2D eigenvalue weighted by Crippen LogP contribution is 2.49. The van der Waals surface area contributed by atoms with E-state index in [-0.39, 0.29) is 30.7 Å². The highest BCUT2D eigenvalue weighted by Gasteiger charge is 2.30. The molecule has 1 aliphatic heterocycles. The lowest BCUT2D eigenvalue weighted by atomic mass is 9.91. The Morgan fingerprint density at radius 3 is 2.55 bits per heavy atom. The van der Waals surface area contributed by atoms with Crippen LogP contribution in [-0.2, 0) is 4.79 Å². The van der Waals surface area contributed by atoms with Crippen molar-refractivity contribution in [2.75, 3.05) is 13.4 Å². The lowest BCUT2D eigenvalue weighted by molar-refractivity contribution is -0.121. The number of amides is 2. The number of carbonyl (C=O) groups is 2. The average Bonchev–Trinajstić information content (AvgIpc) is 3.51. The fraction of sp³-hybridized carbons (Fsp3) is 0.483. The molecule has 0 radical (unpaired) electrons. The Hall–Kier alpha value is -3.75. The van der Waals surface area contributed by atoms with Crippen LogP contribution in [0.2, 0.25) is 0 Å². The zero-order valence-corrected chi connectivity index (χ0v) is 21.9. The Morgan fingerprint density at radius 1 is 1.05 bits per heavy atom. The minimum Gasteiger partial charge on any atom is -0.493 e. The minimum atomic E-state index is -0.137. The molecule has 1 aromatic carbocycles. The zero-order chi connectivity index (χ0) is 26.2. The molecule has 2 aliphatic carbocycles. The van der Waals surface area contributed by atoms with Crippen LogP contribution < -0.4 is 24.8 Å². The number of nitrogens with zero attached hydrogens (tertiary/aromatic N) is 1. The predicted octanol–water partition coefficient (Wildman–Crippen LogP) is 4.62. The molecule has 0 spiro atoms. The van der Waals surface area contributed by atoms with Gasteiger partial charge in [0.25, 0.3) is 5.91 Å². The van der Waals surface area contributed by atoms with Crippen LogP contribution in [0.4, 0.5) is 0 Å². The molecule has 0 unspecified atom stereocenters. The van der Waals surface area contributed by atoms with E-state index in [1.165, 1.54) is 12.8 Å². The molecule has 2 aromatic heterocycles. The first-order valence-corrected chi connectivity index (χ1v) is 13.6. The topological polar surface area (TPSA) is 115 Å². The van der Waals surface area contributed by atoms with Crippen molar-refractivity contribution in [2.45, 2.75) is 70.9 Å². The summed E-state index contributed by atoms with van der Waals surface area (Å²) in [6.45, 7) is 4.59. The second kappa shape index (κ2) is 10.2. The molecule has 2 amide bonds. The van der Waals surface area contributed by atoms with Gasteiger partial charge in [0.2, 0.25) is 12.7 Å². The Balaban J connectivity index is 1.27. The Morgan fingerprint density at radius 2 is 1.82 bits per heavy atom. The van der Waals surface area contributed by atoms with E-state index in [4.69, 9.17) is 14.2 Å². The van der Waals surface area contributed by atoms with Crippen molar-refractivity contribution in [1.82, 2.24) is 20.6 Å². The monoisotopic (exact) mass is 518 g/mol. The maximum absolute atomic E-state index is 13.5. The second-order valence-electron chi connectivity index (χ2n) is 10.6. The summed E-state index contributed by atoms with van der Waals surface area (Å²) >= 11 is 0. The third-order valence-electron chi connectivity index (χ3n) is 7.79. The molecule has 0 saturated heterocycles. The summed E-state index contributed by atoms with van der Waals surface area (Å²) in [5, 5.41) is 6.28. The van der Waals surface area contributed by atoms with Gasteiger partial charge >= 0.3 is 0 Å². The van der Waals surface area contributed by atoms with Gasteiger partial charge in [-0.05, 0) is 69.6 Å². The molecule has 2 saturated carbocycles. The molecule has 9 nitrogen and oxygen atoms in total. The van der Waals surface area contributed by atoms with E-state index in [0.29, 0.717) is 41.5 Å². The number of nitrogens with one attached hydrogen (secondary N) is 3. The van der Waals surface area contributed by atoms with Gasteiger partial charge in [-0.2, -0.15) is 0 Å². The largest absolute Gasteiger partial charge is 0.493 e. The van der Waals surface area contributed by atoms with E-state index in [0.717, 1.165) is 53.8 Å². The fourth-order valence-electron chi connectivity index (χ4n) is 5.48. The maximum Gasteiger partial charge on any atom is 0.255 e. The summed E-state index contributed by atoms with van der Waals surface area (Å²) in [7, 11) is 0. The number of hydrogen-bond acceptors (Lipinski definition) is 6. The van der Waals surface area contributed by atoms with Crippen LogP contribution in [0.25, 0.3) is 22.2 Å². The van der Waals surface area contributed by atoms with Gasteiger partial charge in [0, 0.05) is 36.0 Å². The third-order valence-corrected chi connectivity index (χ3v) is 7.79. The minimum absolute atomic E-state index is 0.0650. The van der Waals surface area contributed by atoms with Gasteiger partial charge in [-0.25, -0.2) is 0 Å². The maximum atomic E-state index is 13.5. The first kappa shape index (κ1) is 24.6. The van der Waals surface area contributed by atoms with E-state index < -0.39 is 0 Å². The van der Waals surface area contributed by atoms with Crippen LogP contribution in [-0.4, -0.2) is 47.3 Å². The Kier molecular flexibility index (Phi) is 6.59. The van der Waals surface area contributed by atoms with Crippen molar-refractivity contribution in [2.24, 2.45) is 5.92 Å². The van der Waals surface area contributed by atoms with Gasteiger partial charge < -0.3 is 29.8 Å². The van der Waals surface area contributed by atoms with Crippen molar-refractivity contribution in [3.8, 4) is 28.4 Å². The molecule has 200 valence electrons. The first-order chi connectivity index (χ1) is 18.5. The van der Waals surface area contributed by atoms with E-state index in [1.54, 1.807) is 6.20 Å². The molecule has 2 fully saturated rings. The van der Waals surface area contributed by atoms with Crippen molar-refractivity contribution in [3.63, 3.8) is 0 Å². The molecule has 3 heterocycles. The summed E-state index contributed by atoms with van der Waals surface area (Å²) in [4.78, 5) is 33.2. The van der Waals surface area contributed by atoms with Crippen LogP contribution in [0.15, 0.2) is 24.4 Å². The van der Waals surface area contributed by atoms with Crippen LogP contribution in [0.3, 0.4) is 0 Å². The summed E-state index contributed by atoms with van der Waals surface area (Å²) in [5.41, 5.74) is 4.36. The number of hydrogen-bond donors (Lipinski definition) is 3. The number of fused-ring (bicyclic) bond motifs is 2. The lowest BCUT2D eigenvalue weighted by Gasteiger charge is -2.29. The first-order valence-electron chi connectivity index (χ1n) is 13.6. The van der Waals surface area contributed by atoms with Crippen molar-refractivity contribution in [1.29, 1.82) is 0 Å². The van der Waals surface area contributed by atoms with Gasteiger partial charge in [-0.1, -0.05) is 6.92 Å². The molecule has 38 heavy (non-hydrogen) atoms. The van der Waals surface area contributed by atoms with Crippen LogP contribution in [0.1, 0.15) is 67.9 Å². The molecular formula is C29H34N4O5. The van der Waals surface area contributed by atoms with Crippen LogP contribution in [0.5, 0.6) is 17.2 Å². The van der Waals surface area contributed by atoms with E-state index in [1.807, 2.05) is 32.0 Å². The summed E-state index contributed by atoms with van der Waals surface area (Å²) < 4.78 is 17.8. The molecule has 3 aromatic rings. The normalized spacial score (nSPS) is 20.4. The average molecular weight is 519 g/mol. The summed E-state index contributed by atoms with van der Waals surface area (Å²) in [6, 6.07) is 5.99. The van der Waals surface area contributed by atoms with E-state index in [2.05, 4.69) is 20.6 Å². The summed E-state index contributed by atoms with van der Waals surface area (Å²) in [6.07, 6.45) is 7.98. The van der Waals surface area contributed by atoms with Gasteiger partial charge in [0.15, 0.2) is 11.5 Å². The molecule has 6 rings (SSSR count). The molecule has 3 N–H and O–H groups in total. The number of H-pyrrole nitrogens is 1. The van der Waals surface area contributed by atoms with E-state index in [9.17, 15) is 9.59 Å². The van der Waals surface area contributed by atoms with Gasteiger partial charge in [0.1, 0.15) is 11.3 Å². The highest BCUT2D eigenvalue weighted by molar-refractivity contribution is 6.10. The van der Waals surface area contributed by atoms with Gasteiger partial charge in [-0.15, -0.1) is 0 Å². The molecular weight excluding hydrogens is 484 g/mol. The van der Waals surface area contributed by atoms with E-state index >= 15 is 0 Å². The third kappa shape index (κ3) is 4.77. The smallest absolute Gasteiger partial charge is 0.255 e. The molecule has 9 heteroatoms. The number of aromatic nitrogens is 2. The van der Waals surface area contributed by atoms with Crippen molar-refractivity contribution in [3.05, 3.63) is 35.7 Å². The van der Waals surface area contributed by atoms with Crippen molar-refractivity contribution >= 4 is 22.8 Å². The number of rotatable bonds is 8.